The van der Waals surface area contributed by atoms with Crippen LogP contribution in [0.2, 0.25) is 0 Å². The quantitative estimate of drug-likeness (QED) is 0.507. The van der Waals surface area contributed by atoms with Gasteiger partial charge in [0.2, 0.25) is 11.8 Å². The smallest absolute Gasteiger partial charge is 0.328 e. The van der Waals surface area contributed by atoms with Crippen molar-refractivity contribution in [2.75, 3.05) is 7.11 Å². The molecule has 0 saturated carbocycles. The van der Waals surface area contributed by atoms with Crippen LogP contribution < -0.4 is 10.6 Å². The number of ether oxygens (including phenoxy) is 1. The van der Waals surface area contributed by atoms with Crippen LogP contribution in [0.25, 0.3) is 0 Å². The van der Waals surface area contributed by atoms with Crippen LogP contribution in [0.15, 0.2) is 0 Å². The Morgan fingerprint density at radius 1 is 1.17 bits per heavy atom. The molecule has 0 spiro atoms. The molecule has 0 aromatic heterocycles. The van der Waals surface area contributed by atoms with E-state index in [1.54, 1.807) is 0 Å². The van der Waals surface area contributed by atoms with Gasteiger partial charge in [-0.25, -0.2) is 4.79 Å². The summed E-state index contributed by atoms with van der Waals surface area (Å²) in [5.74, 6) is 3.24. The number of carbonyl (C=O) groups is 3. The molecule has 126 valence electrons. The van der Waals surface area contributed by atoms with Gasteiger partial charge in [0.25, 0.3) is 0 Å². The summed E-state index contributed by atoms with van der Waals surface area (Å²) in [7, 11) is 1.24. The van der Waals surface area contributed by atoms with Crippen LogP contribution in [0.1, 0.15) is 40.0 Å². The Bertz CT molecular complexity index is 510. The average Bonchev–Trinajstić information content (AvgIpc) is 2.44. The van der Waals surface area contributed by atoms with Gasteiger partial charge in [0, 0.05) is 19.8 Å². The fraction of sp³-hybridized carbons (Fsp3) is 0.588. The number of carbonyl (C=O) groups excluding carboxylic acids is 3. The monoisotopic (exact) mass is 320 g/mol. The summed E-state index contributed by atoms with van der Waals surface area (Å²) in [5.41, 5.74) is -1.45. The molecule has 2 amide bonds. The lowest BCUT2D eigenvalue weighted by atomic mass is 9.89. The standard InChI is InChI=1S/C17H24N2O4/c1-7-9-17(10-8-2,19-13(5)20)16(22)18-14(11-12(3)4)15(21)23-6/h1-2,12,14H,9-11H2,3-6H3,(H,18,22)(H,19,20)/t14-/m0/s1. The Morgan fingerprint density at radius 2 is 1.70 bits per heavy atom. The van der Waals surface area contributed by atoms with Gasteiger partial charge in [-0.05, 0) is 12.3 Å². The van der Waals surface area contributed by atoms with E-state index in [0.29, 0.717) is 6.42 Å². The maximum Gasteiger partial charge on any atom is 0.328 e. The molecule has 0 heterocycles. The summed E-state index contributed by atoms with van der Waals surface area (Å²) in [4.78, 5) is 36.0. The zero-order valence-corrected chi connectivity index (χ0v) is 14.1. The highest BCUT2D eigenvalue weighted by Gasteiger charge is 2.40. The van der Waals surface area contributed by atoms with Crippen molar-refractivity contribution in [3.05, 3.63) is 0 Å². The molecular weight excluding hydrogens is 296 g/mol. The SMILES string of the molecule is C#CCC(CC#C)(NC(C)=O)C(=O)N[C@@H](CC(C)C)C(=O)OC. The first-order chi connectivity index (χ1) is 10.7. The predicted octanol–water partition coefficient (Wildman–Crippen LogP) is 0.612. The lowest BCUT2D eigenvalue weighted by Gasteiger charge is -2.31. The normalized spacial score (nSPS) is 11.8. The van der Waals surface area contributed by atoms with Crippen LogP contribution in [-0.2, 0) is 19.1 Å². The summed E-state index contributed by atoms with van der Waals surface area (Å²) < 4.78 is 4.71. The third kappa shape index (κ3) is 6.44. The lowest BCUT2D eigenvalue weighted by Crippen LogP contribution is -2.60. The summed E-state index contributed by atoms with van der Waals surface area (Å²) in [6.07, 6.45) is 10.8. The predicted molar refractivity (Wildman–Crippen MR) is 86.8 cm³/mol. The minimum absolute atomic E-state index is 0.0851. The van der Waals surface area contributed by atoms with E-state index in [1.165, 1.54) is 14.0 Å². The van der Waals surface area contributed by atoms with E-state index in [1.807, 2.05) is 13.8 Å². The minimum Gasteiger partial charge on any atom is -0.467 e. The highest BCUT2D eigenvalue weighted by molar-refractivity contribution is 5.94. The second-order valence-electron chi connectivity index (χ2n) is 5.70. The summed E-state index contributed by atoms with van der Waals surface area (Å²) in [5, 5.41) is 5.12. The molecule has 0 aromatic rings. The van der Waals surface area contributed by atoms with Crippen molar-refractivity contribution >= 4 is 17.8 Å². The third-order valence-electron chi connectivity index (χ3n) is 3.16. The van der Waals surface area contributed by atoms with E-state index < -0.39 is 29.4 Å². The fourth-order valence-electron chi connectivity index (χ4n) is 2.18. The number of esters is 1. The number of terminal acetylenes is 2. The first kappa shape index (κ1) is 20.5. The van der Waals surface area contributed by atoms with Gasteiger partial charge in [-0.1, -0.05) is 13.8 Å². The van der Waals surface area contributed by atoms with Gasteiger partial charge in [-0.15, -0.1) is 24.7 Å². The molecule has 23 heavy (non-hydrogen) atoms. The van der Waals surface area contributed by atoms with Crippen molar-refractivity contribution in [2.45, 2.75) is 51.6 Å². The van der Waals surface area contributed by atoms with Crippen LogP contribution in [0, 0.1) is 30.6 Å². The van der Waals surface area contributed by atoms with E-state index in [4.69, 9.17) is 17.6 Å². The molecule has 0 radical (unpaired) electrons. The van der Waals surface area contributed by atoms with E-state index >= 15 is 0 Å². The molecule has 6 nitrogen and oxygen atoms in total. The van der Waals surface area contributed by atoms with Crippen molar-refractivity contribution in [2.24, 2.45) is 5.92 Å². The van der Waals surface area contributed by atoms with Crippen molar-refractivity contribution in [3.8, 4) is 24.7 Å². The molecule has 2 N–H and O–H groups in total. The fourth-order valence-corrected chi connectivity index (χ4v) is 2.18. The molecule has 0 aliphatic rings. The second kappa shape index (κ2) is 9.53. The summed E-state index contributed by atoms with van der Waals surface area (Å²) in [6.45, 7) is 5.08. The van der Waals surface area contributed by atoms with E-state index in [9.17, 15) is 14.4 Å². The Morgan fingerprint density at radius 3 is 2.04 bits per heavy atom. The van der Waals surface area contributed by atoms with E-state index in [0.717, 1.165) is 0 Å². The largest absolute Gasteiger partial charge is 0.467 e. The Hall–Kier alpha value is -2.47. The maximum absolute atomic E-state index is 12.7. The Labute approximate surface area is 137 Å². The number of methoxy groups -OCH3 is 1. The van der Waals surface area contributed by atoms with E-state index in [2.05, 4.69) is 22.5 Å². The molecule has 0 aliphatic carbocycles. The van der Waals surface area contributed by atoms with Gasteiger partial charge in [0.05, 0.1) is 7.11 Å². The molecule has 0 aliphatic heterocycles. The van der Waals surface area contributed by atoms with Crippen molar-refractivity contribution in [1.29, 1.82) is 0 Å². The van der Waals surface area contributed by atoms with Gasteiger partial charge >= 0.3 is 5.97 Å². The number of amides is 2. The lowest BCUT2D eigenvalue weighted by molar-refractivity contribution is -0.146. The van der Waals surface area contributed by atoms with Gasteiger partial charge < -0.3 is 15.4 Å². The van der Waals surface area contributed by atoms with Crippen LogP contribution in [0.4, 0.5) is 0 Å². The molecule has 0 bridgehead atoms. The summed E-state index contributed by atoms with van der Waals surface area (Å²) >= 11 is 0. The van der Waals surface area contributed by atoms with E-state index in [-0.39, 0.29) is 18.8 Å². The first-order valence-corrected chi connectivity index (χ1v) is 7.26. The number of rotatable bonds is 8. The minimum atomic E-state index is -1.45. The first-order valence-electron chi connectivity index (χ1n) is 7.26. The zero-order chi connectivity index (χ0) is 18.0. The van der Waals surface area contributed by atoms with Gasteiger partial charge in [0.15, 0.2) is 0 Å². The van der Waals surface area contributed by atoms with Crippen LogP contribution in [-0.4, -0.2) is 36.5 Å². The van der Waals surface area contributed by atoms with Gasteiger partial charge in [-0.2, -0.15) is 0 Å². The number of hydrogen-bond acceptors (Lipinski definition) is 4. The van der Waals surface area contributed by atoms with Crippen molar-refractivity contribution < 1.29 is 19.1 Å². The van der Waals surface area contributed by atoms with Crippen LogP contribution in [0.5, 0.6) is 0 Å². The highest BCUT2D eigenvalue weighted by Crippen LogP contribution is 2.17. The topological polar surface area (TPSA) is 84.5 Å². The van der Waals surface area contributed by atoms with Crippen LogP contribution >= 0.6 is 0 Å². The van der Waals surface area contributed by atoms with Gasteiger partial charge in [0.1, 0.15) is 11.6 Å². The number of hydrogen-bond donors (Lipinski definition) is 2. The van der Waals surface area contributed by atoms with Crippen molar-refractivity contribution in [1.82, 2.24) is 10.6 Å². The molecule has 0 aromatic carbocycles. The second-order valence-corrected chi connectivity index (χ2v) is 5.70. The molecule has 0 saturated heterocycles. The Kier molecular flexibility index (Phi) is 8.50. The van der Waals surface area contributed by atoms with Crippen molar-refractivity contribution in [3.63, 3.8) is 0 Å². The Balaban J connectivity index is 5.48. The van der Waals surface area contributed by atoms with Gasteiger partial charge in [-0.3, -0.25) is 9.59 Å². The molecular formula is C17H24N2O4. The highest BCUT2D eigenvalue weighted by atomic mass is 16.5. The maximum atomic E-state index is 12.7. The number of nitrogens with one attached hydrogen (secondary N) is 2. The zero-order valence-electron chi connectivity index (χ0n) is 14.1. The third-order valence-corrected chi connectivity index (χ3v) is 3.16. The van der Waals surface area contributed by atoms with Crippen LogP contribution in [0.3, 0.4) is 0 Å². The molecule has 1 atom stereocenters. The molecule has 0 fully saturated rings. The molecule has 0 rings (SSSR count). The molecule has 0 unspecified atom stereocenters. The summed E-state index contributed by atoms with van der Waals surface area (Å²) in [6, 6.07) is -0.837. The average molecular weight is 320 g/mol. The molecule has 6 heteroatoms.